The van der Waals surface area contributed by atoms with Crippen molar-refractivity contribution in [3.63, 3.8) is 0 Å². The average Bonchev–Trinajstić information content (AvgIpc) is 2.76. The lowest BCUT2D eigenvalue weighted by Gasteiger charge is -2.16. The Morgan fingerprint density at radius 3 is 2.45 bits per heavy atom. The van der Waals surface area contributed by atoms with Crippen molar-refractivity contribution in [2.24, 2.45) is 0 Å². The van der Waals surface area contributed by atoms with Gasteiger partial charge in [-0.05, 0) is 67.8 Å². The van der Waals surface area contributed by atoms with Gasteiger partial charge in [-0.3, -0.25) is 4.79 Å². The molecule has 0 bridgehead atoms. The number of para-hydroxylation sites is 1. The molecule has 0 radical (unpaired) electrons. The molecule has 0 spiro atoms. The van der Waals surface area contributed by atoms with Crippen molar-refractivity contribution in [2.45, 2.75) is 26.3 Å². The van der Waals surface area contributed by atoms with E-state index in [0.717, 1.165) is 16.9 Å². The van der Waals surface area contributed by atoms with Crippen LogP contribution in [-0.2, 0) is 6.42 Å². The van der Waals surface area contributed by atoms with Gasteiger partial charge in [0.2, 0.25) is 0 Å². The Hall–Kier alpha value is -3.80. The number of carbonyl (C=O) groups excluding carboxylic acids is 2. The van der Waals surface area contributed by atoms with E-state index in [9.17, 15) is 9.59 Å². The molecule has 0 fully saturated rings. The summed E-state index contributed by atoms with van der Waals surface area (Å²) in [5.74, 6) is 0.552. The van der Waals surface area contributed by atoms with E-state index in [1.807, 2.05) is 74.5 Å². The molecule has 0 saturated carbocycles. The van der Waals surface area contributed by atoms with Crippen molar-refractivity contribution in [3.05, 3.63) is 89.5 Å². The van der Waals surface area contributed by atoms with Gasteiger partial charge in [0.15, 0.2) is 0 Å². The number of methoxy groups -OCH3 is 1. The van der Waals surface area contributed by atoms with Crippen LogP contribution in [-0.4, -0.2) is 25.1 Å². The number of hydrogen-bond donors (Lipinski definition) is 3. The van der Waals surface area contributed by atoms with E-state index in [2.05, 4.69) is 16.0 Å². The number of carbonyl (C=O) groups is 2. The minimum Gasteiger partial charge on any atom is -0.497 e. The predicted molar refractivity (Wildman–Crippen MR) is 124 cm³/mol. The molecule has 3 amide bonds. The maximum absolute atomic E-state index is 12.5. The fourth-order valence-corrected chi connectivity index (χ4v) is 3.21. The summed E-state index contributed by atoms with van der Waals surface area (Å²) < 4.78 is 5.25. The highest BCUT2D eigenvalue weighted by atomic mass is 16.5. The van der Waals surface area contributed by atoms with Gasteiger partial charge in [-0.2, -0.15) is 0 Å². The van der Waals surface area contributed by atoms with Gasteiger partial charge in [0.1, 0.15) is 5.75 Å². The summed E-state index contributed by atoms with van der Waals surface area (Å²) in [5.41, 5.74) is 3.71. The molecule has 0 heterocycles. The van der Waals surface area contributed by atoms with Crippen LogP contribution >= 0.6 is 0 Å². The molecule has 1 atom stereocenters. The smallest absolute Gasteiger partial charge is 0.319 e. The molecule has 0 aliphatic carbocycles. The summed E-state index contributed by atoms with van der Waals surface area (Å²) in [6.45, 7) is 3.82. The number of ether oxygens (including phenoxy) is 1. The van der Waals surface area contributed by atoms with Crippen LogP contribution < -0.4 is 20.7 Å². The molecule has 0 aliphatic rings. The zero-order valence-corrected chi connectivity index (χ0v) is 17.9. The lowest BCUT2D eigenvalue weighted by Crippen LogP contribution is -2.37. The standard InChI is InChI=1S/C25H27N3O3/c1-17-12-13-20(24(29)27-21-9-5-4-6-10-21)16-23(17)28-25(30)26-18(2)14-19-8-7-11-22(15-19)31-3/h4-13,15-16,18H,14H2,1-3H3,(H,27,29)(H2,26,28,30). The highest BCUT2D eigenvalue weighted by Crippen LogP contribution is 2.19. The maximum atomic E-state index is 12.5. The number of hydrogen-bond acceptors (Lipinski definition) is 3. The predicted octanol–water partition coefficient (Wildman–Crippen LogP) is 5.01. The van der Waals surface area contributed by atoms with Crippen molar-refractivity contribution < 1.29 is 14.3 Å². The molecule has 3 rings (SSSR count). The van der Waals surface area contributed by atoms with Gasteiger partial charge in [0.25, 0.3) is 5.91 Å². The van der Waals surface area contributed by atoms with Crippen LogP contribution in [0.4, 0.5) is 16.2 Å². The normalized spacial score (nSPS) is 11.3. The molecule has 0 aliphatic heterocycles. The van der Waals surface area contributed by atoms with Crippen LogP contribution in [0.15, 0.2) is 72.8 Å². The zero-order valence-electron chi connectivity index (χ0n) is 17.9. The summed E-state index contributed by atoms with van der Waals surface area (Å²) >= 11 is 0. The number of rotatable bonds is 7. The Balaban J connectivity index is 1.61. The quantitative estimate of drug-likeness (QED) is 0.506. The van der Waals surface area contributed by atoms with E-state index in [0.29, 0.717) is 23.4 Å². The summed E-state index contributed by atoms with van der Waals surface area (Å²) in [4.78, 5) is 25.1. The Labute approximate surface area is 182 Å². The van der Waals surface area contributed by atoms with Crippen LogP contribution in [0.3, 0.4) is 0 Å². The van der Waals surface area contributed by atoms with E-state index in [-0.39, 0.29) is 18.0 Å². The minimum atomic E-state index is -0.320. The van der Waals surface area contributed by atoms with Crippen molar-refractivity contribution in [1.82, 2.24) is 5.32 Å². The molecule has 3 aromatic carbocycles. The van der Waals surface area contributed by atoms with Gasteiger partial charge < -0.3 is 20.7 Å². The van der Waals surface area contributed by atoms with Crippen LogP contribution in [0.5, 0.6) is 5.75 Å². The third-order valence-corrected chi connectivity index (χ3v) is 4.83. The number of anilines is 2. The summed E-state index contributed by atoms with van der Waals surface area (Å²) in [6.07, 6.45) is 0.670. The number of amides is 3. The third kappa shape index (κ3) is 6.34. The van der Waals surface area contributed by atoms with Gasteiger partial charge in [-0.1, -0.05) is 36.4 Å². The Kier molecular flexibility index (Phi) is 7.27. The van der Waals surface area contributed by atoms with Crippen LogP contribution in [0.25, 0.3) is 0 Å². The maximum Gasteiger partial charge on any atom is 0.319 e. The second kappa shape index (κ2) is 10.3. The van der Waals surface area contributed by atoms with Crippen LogP contribution in [0, 0.1) is 6.92 Å². The second-order valence-corrected chi connectivity index (χ2v) is 7.41. The number of aryl methyl sites for hydroxylation is 1. The van der Waals surface area contributed by atoms with Crippen LogP contribution in [0.1, 0.15) is 28.4 Å². The SMILES string of the molecule is COc1cccc(CC(C)NC(=O)Nc2cc(C(=O)Nc3ccccc3)ccc2C)c1. The Morgan fingerprint density at radius 1 is 0.935 bits per heavy atom. The summed E-state index contributed by atoms with van der Waals surface area (Å²) in [7, 11) is 1.63. The van der Waals surface area contributed by atoms with Crippen molar-refractivity contribution in [1.29, 1.82) is 0 Å². The fraction of sp³-hybridized carbons (Fsp3) is 0.200. The first-order chi connectivity index (χ1) is 14.9. The molecule has 3 aromatic rings. The lowest BCUT2D eigenvalue weighted by molar-refractivity contribution is 0.102. The average molecular weight is 418 g/mol. The van der Waals surface area contributed by atoms with Gasteiger partial charge in [-0.25, -0.2) is 4.79 Å². The lowest BCUT2D eigenvalue weighted by atomic mass is 10.1. The fourth-order valence-electron chi connectivity index (χ4n) is 3.21. The topological polar surface area (TPSA) is 79.5 Å². The third-order valence-electron chi connectivity index (χ3n) is 4.83. The number of nitrogens with one attached hydrogen (secondary N) is 3. The van der Waals surface area contributed by atoms with E-state index >= 15 is 0 Å². The van der Waals surface area contributed by atoms with E-state index in [4.69, 9.17) is 4.74 Å². The minimum absolute atomic E-state index is 0.0861. The van der Waals surface area contributed by atoms with Crippen molar-refractivity contribution in [3.8, 4) is 5.75 Å². The first-order valence-corrected chi connectivity index (χ1v) is 10.1. The highest BCUT2D eigenvalue weighted by molar-refractivity contribution is 6.05. The monoisotopic (exact) mass is 417 g/mol. The molecular formula is C25H27N3O3. The van der Waals surface area contributed by atoms with Crippen LogP contribution in [0.2, 0.25) is 0 Å². The molecule has 160 valence electrons. The van der Waals surface area contributed by atoms with Gasteiger partial charge in [0.05, 0.1) is 7.11 Å². The number of benzene rings is 3. The largest absolute Gasteiger partial charge is 0.497 e. The summed E-state index contributed by atoms with van der Waals surface area (Å²) in [5, 5.41) is 8.64. The highest BCUT2D eigenvalue weighted by Gasteiger charge is 2.13. The van der Waals surface area contributed by atoms with Gasteiger partial charge in [-0.15, -0.1) is 0 Å². The molecular weight excluding hydrogens is 390 g/mol. The van der Waals surface area contributed by atoms with Crippen molar-refractivity contribution >= 4 is 23.3 Å². The molecule has 6 heteroatoms. The second-order valence-electron chi connectivity index (χ2n) is 7.41. The first-order valence-electron chi connectivity index (χ1n) is 10.1. The molecule has 31 heavy (non-hydrogen) atoms. The molecule has 1 unspecified atom stereocenters. The number of urea groups is 1. The summed E-state index contributed by atoms with van der Waals surface area (Å²) in [6, 6.07) is 21.8. The van der Waals surface area contributed by atoms with Gasteiger partial charge in [0, 0.05) is 23.0 Å². The Bertz CT molecular complexity index is 1050. The first kappa shape index (κ1) is 21.9. The molecule has 0 aromatic heterocycles. The van der Waals surface area contributed by atoms with Crippen molar-refractivity contribution in [2.75, 3.05) is 17.7 Å². The zero-order chi connectivity index (χ0) is 22.2. The molecule has 0 saturated heterocycles. The van der Waals surface area contributed by atoms with Gasteiger partial charge >= 0.3 is 6.03 Å². The van der Waals surface area contributed by atoms with E-state index in [1.54, 1.807) is 19.2 Å². The van der Waals surface area contributed by atoms with E-state index in [1.165, 1.54) is 0 Å². The molecule has 3 N–H and O–H groups in total. The Morgan fingerprint density at radius 2 is 1.71 bits per heavy atom. The molecule has 6 nitrogen and oxygen atoms in total. The van der Waals surface area contributed by atoms with E-state index < -0.39 is 0 Å².